The summed E-state index contributed by atoms with van der Waals surface area (Å²) >= 11 is 0. The van der Waals surface area contributed by atoms with E-state index in [4.69, 9.17) is 4.74 Å². The van der Waals surface area contributed by atoms with Gasteiger partial charge < -0.3 is 9.64 Å². The van der Waals surface area contributed by atoms with Crippen LogP contribution in [-0.4, -0.2) is 35.2 Å². The number of carbonyl (C=O) groups excluding carboxylic acids is 3. The van der Waals surface area contributed by atoms with Gasteiger partial charge >= 0.3 is 5.97 Å². The first-order valence-electron chi connectivity index (χ1n) is 7.16. The lowest BCUT2D eigenvalue weighted by Crippen LogP contribution is -2.42. The van der Waals surface area contributed by atoms with Crippen molar-refractivity contribution in [3.63, 3.8) is 0 Å². The summed E-state index contributed by atoms with van der Waals surface area (Å²) in [6, 6.07) is 8.27. The van der Waals surface area contributed by atoms with Crippen molar-refractivity contribution in [3.05, 3.63) is 35.9 Å². The molecule has 1 aromatic rings. The van der Waals surface area contributed by atoms with Gasteiger partial charge in [0.2, 0.25) is 5.91 Å². The second-order valence-electron chi connectivity index (χ2n) is 5.52. The molecule has 0 radical (unpaired) electrons. The Kier molecular flexibility index (Phi) is 3.27. The van der Waals surface area contributed by atoms with Gasteiger partial charge in [-0.3, -0.25) is 9.59 Å². The van der Waals surface area contributed by atoms with E-state index in [1.165, 1.54) is 4.90 Å². The third-order valence-electron chi connectivity index (χ3n) is 4.16. The number of likely N-dealkylation sites (tertiary alicyclic amines) is 1. The summed E-state index contributed by atoms with van der Waals surface area (Å²) in [5, 5.41) is 0. The fourth-order valence-corrected chi connectivity index (χ4v) is 2.88. The Morgan fingerprint density at radius 3 is 2.52 bits per heavy atom. The SMILES string of the molecule is CCOC(=O)C1C(=O)C2(CC2)C(=O)N1Cc1ccccc1. The summed E-state index contributed by atoms with van der Waals surface area (Å²) in [6.45, 7) is 2.15. The Balaban J connectivity index is 1.89. The Labute approximate surface area is 122 Å². The number of rotatable bonds is 4. The zero-order valence-electron chi connectivity index (χ0n) is 11.9. The highest BCUT2D eigenvalue weighted by atomic mass is 16.5. The molecule has 1 heterocycles. The molecule has 1 saturated heterocycles. The molecule has 1 unspecified atom stereocenters. The molecule has 1 aliphatic carbocycles. The van der Waals surface area contributed by atoms with E-state index in [-0.39, 0.29) is 24.8 Å². The molecular formula is C16H17NO4. The number of hydrogen-bond acceptors (Lipinski definition) is 4. The van der Waals surface area contributed by atoms with Gasteiger partial charge in [0, 0.05) is 6.54 Å². The fourth-order valence-electron chi connectivity index (χ4n) is 2.88. The maximum absolute atomic E-state index is 12.5. The monoisotopic (exact) mass is 287 g/mol. The molecule has 5 nitrogen and oxygen atoms in total. The predicted molar refractivity (Wildman–Crippen MR) is 74.1 cm³/mol. The summed E-state index contributed by atoms with van der Waals surface area (Å²) in [5.41, 5.74) is -0.0442. The molecule has 21 heavy (non-hydrogen) atoms. The number of benzene rings is 1. The van der Waals surface area contributed by atoms with Crippen molar-refractivity contribution in [2.24, 2.45) is 5.41 Å². The van der Waals surface area contributed by atoms with Crippen LogP contribution in [0.2, 0.25) is 0 Å². The summed E-state index contributed by atoms with van der Waals surface area (Å²) in [4.78, 5) is 38.4. The highest BCUT2D eigenvalue weighted by Crippen LogP contribution is 2.53. The van der Waals surface area contributed by atoms with Crippen molar-refractivity contribution < 1.29 is 19.1 Å². The van der Waals surface area contributed by atoms with Crippen LogP contribution in [0.4, 0.5) is 0 Å². The van der Waals surface area contributed by atoms with Gasteiger partial charge in [-0.15, -0.1) is 0 Å². The van der Waals surface area contributed by atoms with Gasteiger partial charge in [0.1, 0.15) is 5.41 Å². The van der Waals surface area contributed by atoms with Crippen molar-refractivity contribution in [2.45, 2.75) is 32.4 Å². The van der Waals surface area contributed by atoms with E-state index in [0.717, 1.165) is 5.56 Å². The molecule has 0 aromatic heterocycles. The number of amides is 1. The first-order valence-corrected chi connectivity index (χ1v) is 7.16. The predicted octanol–water partition coefficient (Wildman–Crippen LogP) is 1.31. The van der Waals surface area contributed by atoms with Crippen LogP contribution in [0.1, 0.15) is 25.3 Å². The molecule has 1 aromatic carbocycles. The second kappa shape index (κ2) is 4.98. The van der Waals surface area contributed by atoms with Gasteiger partial charge in [-0.2, -0.15) is 0 Å². The van der Waals surface area contributed by atoms with E-state index in [1.807, 2.05) is 30.3 Å². The Morgan fingerprint density at radius 1 is 1.29 bits per heavy atom. The van der Waals surface area contributed by atoms with Crippen LogP contribution in [0.5, 0.6) is 0 Å². The molecule has 5 heteroatoms. The number of ether oxygens (including phenoxy) is 1. The minimum Gasteiger partial charge on any atom is -0.464 e. The van der Waals surface area contributed by atoms with E-state index in [1.54, 1.807) is 6.92 Å². The highest BCUT2D eigenvalue weighted by molar-refractivity contribution is 6.23. The van der Waals surface area contributed by atoms with E-state index >= 15 is 0 Å². The largest absolute Gasteiger partial charge is 0.464 e. The van der Waals surface area contributed by atoms with E-state index < -0.39 is 17.4 Å². The number of Topliss-reactive ketones (excluding diaryl/α,β-unsaturated/α-hetero) is 1. The van der Waals surface area contributed by atoms with Crippen molar-refractivity contribution >= 4 is 17.7 Å². The Morgan fingerprint density at radius 2 is 1.95 bits per heavy atom. The molecule has 1 aliphatic heterocycles. The summed E-state index contributed by atoms with van der Waals surface area (Å²) in [5.74, 6) is -1.13. The van der Waals surface area contributed by atoms with Gasteiger partial charge in [-0.05, 0) is 25.3 Å². The second-order valence-corrected chi connectivity index (χ2v) is 5.52. The van der Waals surface area contributed by atoms with E-state index in [0.29, 0.717) is 12.8 Å². The number of esters is 1. The molecule has 2 fully saturated rings. The maximum Gasteiger partial charge on any atom is 0.336 e. The number of ketones is 1. The van der Waals surface area contributed by atoms with Gasteiger partial charge in [0.15, 0.2) is 11.8 Å². The van der Waals surface area contributed by atoms with Gasteiger partial charge in [-0.25, -0.2) is 4.79 Å². The molecule has 110 valence electrons. The van der Waals surface area contributed by atoms with E-state index in [9.17, 15) is 14.4 Å². The van der Waals surface area contributed by atoms with Crippen LogP contribution in [0.25, 0.3) is 0 Å². The Hall–Kier alpha value is -2.17. The lowest BCUT2D eigenvalue weighted by Gasteiger charge is -2.22. The van der Waals surface area contributed by atoms with Gasteiger partial charge in [0.25, 0.3) is 0 Å². The van der Waals surface area contributed by atoms with Crippen LogP contribution in [0.15, 0.2) is 30.3 Å². The lowest BCUT2D eigenvalue weighted by atomic mass is 10.0. The maximum atomic E-state index is 12.5. The Bertz CT molecular complexity index is 592. The average Bonchev–Trinajstić information content (AvgIpc) is 3.25. The first kappa shape index (κ1) is 13.8. The molecule has 2 aliphatic rings. The highest BCUT2D eigenvalue weighted by Gasteiger charge is 2.68. The van der Waals surface area contributed by atoms with Crippen LogP contribution >= 0.6 is 0 Å². The van der Waals surface area contributed by atoms with Crippen LogP contribution in [0.3, 0.4) is 0 Å². The molecule has 3 rings (SSSR count). The van der Waals surface area contributed by atoms with Gasteiger partial charge in [-0.1, -0.05) is 30.3 Å². The topological polar surface area (TPSA) is 63.7 Å². The molecule has 1 amide bonds. The van der Waals surface area contributed by atoms with Gasteiger partial charge in [0.05, 0.1) is 6.61 Å². The smallest absolute Gasteiger partial charge is 0.336 e. The molecule has 0 N–H and O–H groups in total. The zero-order valence-corrected chi connectivity index (χ0v) is 11.9. The molecular weight excluding hydrogens is 270 g/mol. The third-order valence-corrected chi connectivity index (χ3v) is 4.16. The van der Waals surface area contributed by atoms with Crippen molar-refractivity contribution in [2.75, 3.05) is 6.61 Å². The number of carbonyl (C=O) groups is 3. The summed E-state index contributed by atoms with van der Waals surface area (Å²) in [6.07, 6.45) is 1.09. The van der Waals surface area contributed by atoms with Crippen LogP contribution in [0, 0.1) is 5.41 Å². The zero-order chi connectivity index (χ0) is 15.0. The fraction of sp³-hybridized carbons (Fsp3) is 0.438. The van der Waals surface area contributed by atoms with Crippen LogP contribution in [-0.2, 0) is 25.7 Å². The lowest BCUT2D eigenvalue weighted by molar-refractivity contribution is -0.153. The molecule has 0 bridgehead atoms. The minimum absolute atomic E-state index is 0.197. The van der Waals surface area contributed by atoms with Crippen molar-refractivity contribution in [1.29, 1.82) is 0 Å². The third kappa shape index (κ3) is 2.13. The quantitative estimate of drug-likeness (QED) is 0.618. The average molecular weight is 287 g/mol. The standard InChI is InChI=1S/C16H17NO4/c1-2-21-14(19)12-13(18)16(8-9-16)15(20)17(12)10-11-6-4-3-5-7-11/h3-7,12H,2,8-10H2,1H3. The summed E-state index contributed by atoms with van der Waals surface area (Å²) in [7, 11) is 0. The molecule has 1 spiro atoms. The van der Waals surface area contributed by atoms with Crippen molar-refractivity contribution in [3.8, 4) is 0 Å². The molecule has 1 atom stereocenters. The number of nitrogens with zero attached hydrogens (tertiary/aromatic N) is 1. The first-order chi connectivity index (χ1) is 10.1. The number of hydrogen-bond donors (Lipinski definition) is 0. The minimum atomic E-state index is -1.08. The van der Waals surface area contributed by atoms with E-state index in [2.05, 4.69) is 0 Å². The summed E-state index contributed by atoms with van der Waals surface area (Å²) < 4.78 is 4.98. The van der Waals surface area contributed by atoms with Crippen molar-refractivity contribution in [1.82, 2.24) is 4.90 Å². The normalized spacial score (nSPS) is 22.7. The van der Waals surface area contributed by atoms with Crippen LogP contribution < -0.4 is 0 Å². The molecule has 1 saturated carbocycles.